The van der Waals surface area contributed by atoms with E-state index < -0.39 is 6.23 Å². The Bertz CT molecular complexity index is 2480. The quantitative estimate of drug-likeness (QED) is 0.140. The molecule has 0 saturated heterocycles. The molecule has 48 heavy (non-hydrogen) atoms. The van der Waals surface area contributed by atoms with Gasteiger partial charge in [0.1, 0.15) is 0 Å². The Morgan fingerprint density at radius 3 is 2.35 bits per heavy atom. The van der Waals surface area contributed by atoms with Crippen molar-refractivity contribution in [2.45, 2.75) is 32.2 Å². The number of hydrogen-bond acceptors (Lipinski definition) is 2. The summed E-state index contributed by atoms with van der Waals surface area (Å²) in [5.74, 6) is -0.295. The first kappa shape index (κ1) is 27.2. The Morgan fingerprint density at radius 2 is 1.44 bits per heavy atom. The van der Waals surface area contributed by atoms with E-state index in [0.29, 0.717) is 12.2 Å². The van der Waals surface area contributed by atoms with Crippen LogP contribution in [0.1, 0.15) is 39.4 Å². The molecule has 0 radical (unpaired) electrons. The standard InChI is InChI=1S/C43H32N3O2/c1-27-16-18-28(19-17-27)31-24-37-32-11-4-3-10-30(32)23-38-41-34(36-15-6-7-21-45(36)38)13-8-14-35(41)42-33-12-5-2-9-29(33)20-22-44(42)26-40-46(37)39(25-31)43(47)48-40/h2-22,24-25,38,40H,23,26H2,1H3/q+3. The molecule has 0 N–H and O–H groups in total. The molecule has 0 bridgehead atoms. The summed E-state index contributed by atoms with van der Waals surface area (Å²) in [7, 11) is 0. The van der Waals surface area contributed by atoms with E-state index in [1.54, 1.807) is 0 Å². The number of aryl methyl sites for hydroxylation is 1. The van der Waals surface area contributed by atoms with Crippen LogP contribution in [0, 0.1) is 6.92 Å². The van der Waals surface area contributed by atoms with Crippen LogP contribution in [0.15, 0.2) is 140 Å². The van der Waals surface area contributed by atoms with Crippen LogP contribution in [-0.4, -0.2) is 5.97 Å². The van der Waals surface area contributed by atoms with Crippen LogP contribution in [0.3, 0.4) is 0 Å². The fourth-order valence-corrected chi connectivity index (χ4v) is 8.23. The second-order valence-electron chi connectivity index (χ2n) is 13.2. The molecule has 10 rings (SSSR count). The van der Waals surface area contributed by atoms with Gasteiger partial charge in [-0.2, -0.15) is 9.13 Å². The molecule has 4 aromatic carbocycles. The Balaban J connectivity index is 1.31. The number of aromatic nitrogens is 3. The highest BCUT2D eigenvalue weighted by atomic mass is 16.6. The summed E-state index contributed by atoms with van der Waals surface area (Å²) in [6.07, 6.45) is 4.65. The Hall–Kier alpha value is -5.94. The van der Waals surface area contributed by atoms with Crippen LogP contribution in [-0.2, 0) is 17.7 Å². The van der Waals surface area contributed by atoms with Crippen LogP contribution in [0.5, 0.6) is 0 Å². The number of esters is 1. The molecule has 0 fully saturated rings. The summed E-state index contributed by atoms with van der Waals surface area (Å²) in [6.45, 7) is 2.56. The Morgan fingerprint density at radius 1 is 0.667 bits per heavy atom. The fraction of sp³-hybridized carbons (Fsp3) is 0.116. The van der Waals surface area contributed by atoms with Crippen molar-refractivity contribution in [3.63, 3.8) is 0 Å². The number of carbonyl (C=O) groups excluding carboxylic acids is 1. The maximum Gasteiger partial charge on any atom is 0.409 e. The SMILES string of the molecule is Cc1ccc(-c2cc3[n+]4c(c2)-c2ccccc2CC2c5c(cccc5-c5cccc[n+]52)-c2c5ccccc5cc[n+]2CC4OC3=O)cc1. The second-order valence-corrected chi connectivity index (χ2v) is 13.2. The fourth-order valence-electron chi connectivity index (χ4n) is 8.23. The summed E-state index contributed by atoms with van der Waals surface area (Å²) in [4.78, 5) is 13.8. The third kappa shape index (κ3) is 3.97. The molecular formula is C43H32N3O2+3. The molecule has 0 amide bonds. The summed E-state index contributed by atoms with van der Waals surface area (Å²) < 4.78 is 13.2. The molecule has 0 saturated carbocycles. The number of pyridine rings is 3. The van der Waals surface area contributed by atoms with E-state index >= 15 is 0 Å². The topological polar surface area (TPSA) is 37.9 Å². The minimum absolute atomic E-state index is 0.0763. The number of ether oxygens (including phenoxy) is 1. The highest BCUT2D eigenvalue weighted by Crippen LogP contribution is 2.43. The number of benzene rings is 4. The molecule has 3 aliphatic rings. The van der Waals surface area contributed by atoms with Gasteiger partial charge in [-0.15, -0.1) is 4.57 Å². The van der Waals surface area contributed by atoms with Crippen molar-refractivity contribution in [3.8, 4) is 44.9 Å². The van der Waals surface area contributed by atoms with Crippen molar-refractivity contribution < 1.29 is 23.2 Å². The van der Waals surface area contributed by atoms with E-state index in [0.717, 1.165) is 34.5 Å². The van der Waals surface area contributed by atoms with E-state index in [4.69, 9.17) is 4.74 Å². The van der Waals surface area contributed by atoms with E-state index in [2.05, 4.69) is 154 Å². The van der Waals surface area contributed by atoms with Crippen molar-refractivity contribution >= 4 is 16.7 Å². The Labute approximate surface area is 278 Å². The van der Waals surface area contributed by atoms with E-state index in [9.17, 15) is 4.79 Å². The number of rotatable bonds is 1. The largest absolute Gasteiger partial charge is 0.409 e. The molecule has 5 nitrogen and oxygen atoms in total. The maximum absolute atomic E-state index is 13.8. The average molecular weight is 623 g/mol. The lowest BCUT2D eigenvalue weighted by atomic mass is 9.88. The highest BCUT2D eigenvalue weighted by Gasteiger charge is 2.48. The predicted octanol–water partition coefficient (Wildman–Crippen LogP) is 7.51. The van der Waals surface area contributed by atoms with Gasteiger partial charge in [0.15, 0.2) is 18.4 Å². The number of carbonyl (C=O) groups is 1. The number of hydrogen-bond donors (Lipinski definition) is 0. The van der Waals surface area contributed by atoms with Crippen LogP contribution < -0.4 is 13.7 Å². The maximum atomic E-state index is 13.8. The van der Waals surface area contributed by atoms with Crippen LogP contribution in [0.4, 0.5) is 0 Å². The number of nitrogens with zero attached hydrogens (tertiary/aromatic N) is 3. The van der Waals surface area contributed by atoms with Crippen molar-refractivity contribution in [1.82, 2.24) is 0 Å². The molecule has 5 heteroatoms. The van der Waals surface area contributed by atoms with Gasteiger partial charge in [-0.25, -0.2) is 4.79 Å². The van der Waals surface area contributed by atoms with E-state index in [1.165, 1.54) is 44.3 Å². The second kappa shape index (κ2) is 10.3. The summed E-state index contributed by atoms with van der Waals surface area (Å²) in [5, 5.41) is 2.36. The first-order chi connectivity index (χ1) is 23.6. The molecule has 2 atom stereocenters. The van der Waals surface area contributed by atoms with Gasteiger partial charge in [0, 0.05) is 47.9 Å². The lowest BCUT2D eigenvalue weighted by molar-refractivity contribution is -0.805. The van der Waals surface area contributed by atoms with Crippen LogP contribution in [0.2, 0.25) is 0 Å². The lowest BCUT2D eigenvalue weighted by Gasteiger charge is -2.18. The van der Waals surface area contributed by atoms with Crippen molar-refractivity contribution in [2.75, 3.05) is 0 Å². The molecule has 2 unspecified atom stereocenters. The monoisotopic (exact) mass is 622 g/mol. The molecule has 6 heterocycles. The first-order valence-electron chi connectivity index (χ1n) is 16.6. The normalized spacial score (nSPS) is 16.9. The molecule has 0 spiro atoms. The van der Waals surface area contributed by atoms with Gasteiger partial charge < -0.3 is 4.74 Å². The third-order valence-electron chi connectivity index (χ3n) is 10.4. The number of fused-ring (bicyclic) bond motifs is 9. The van der Waals surface area contributed by atoms with Crippen molar-refractivity contribution in [2.24, 2.45) is 0 Å². The zero-order valence-electron chi connectivity index (χ0n) is 26.5. The average Bonchev–Trinajstić information content (AvgIpc) is 3.61. The molecule has 228 valence electrons. The van der Waals surface area contributed by atoms with Gasteiger partial charge in [-0.05, 0) is 59.3 Å². The summed E-state index contributed by atoms with van der Waals surface area (Å²) in [5.41, 5.74) is 13.4. The van der Waals surface area contributed by atoms with Gasteiger partial charge in [-0.3, -0.25) is 0 Å². The van der Waals surface area contributed by atoms with Gasteiger partial charge in [0.25, 0.3) is 5.69 Å². The van der Waals surface area contributed by atoms with Gasteiger partial charge >= 0.3 is 12.2 Å². The minimum atomic E-state index is -0.522. The molecule has 7 aromatic rings. The smallest absolute Gasteiger partial charge is 0.389 e. The van der Waals surface area contributed by atoms with Crippen LogP contribution in [0.25, 0.3) is 55.7 Å². The van der Waals surface area contributed by atoms with Crippen LogP contribution >= 0.6 is 0 Å². The van der Waals surface area contributed by atoms with Gasteiger partial charge in [0.05, 0.1) is 16.5 Å². The predicted molar refractivity (Wildman–Crippen MR) is 184 cm³/mol. The highest BCUT2D eigenvalue weighted by molar-refractivity contribution is 5.95. The van der Waals surface area contributed by atoms with Gasteiger partial charge in [-0.1, -0.05) is 72.3 Å². The van der Waals surface area contributed by atoms with Gasteiger partial charge in [0.2, 0.25) is 23.6 Å². The van der Waals surface area contributed by atoms with E-state index in [-0.39, 0.29) is 12.0 Å². The Kier molecular flexibility index (Phi) is 5.83. The molecule has 3 aliphatic heterocycles. The zero-order chi connectivity index (χ0) is 31.9. The summed E-state index contributed by atoms with van der Waals surface area (Å²) in [6, 6.07) is 45.5. The minimum Gasteiger partial charge on any atom is -0.389 e. The molecular weight excluding hydrogens is 590 g/mol. The van der Waals surface area contributed by atoms with Crippen molar-refractivity contribution in [3.05, 3.63) is 162 Å². The lowest BCUT2D eigenvalue weighted by Crippen LogP contribution is -2.50. The molecule has 0 aliphatic carbocycles. The van der Waals surface area contributed by atoms with Crippen molar-refractivity contribution in [1.29, 1.82) is 0 Å². The van der Waals surface area contributed by atoms with E-state index in [1.807, 2.05) is 6.07 Å². The summed E-state index contributed by atoms with van der Waals surface area (Å²) >= 11 is 0. The molecule has 3 aromatic heterocycles. The third-order valence-corrected chi connectivity index (χ3v) is 10.4. The first-order valence-corrected chi connectivity index (χ1v) is 16.6. The zero-order valence-corrected chi connectivity index (χ0v) is 26.5.